The molecule has 1 fully saturated rings. The normalized spacial score (nSPS) is 24.7. The lowest BCUT2D eigenvalue weighted by atomic mass is 10.1. The van der Waals surface area contributed by atoms with E-state index >= 15 is 0 Å². The molecule has 1 aliphatic rings. The van der Waals surface area contributed by atoms with Crippen LogP contribution >= 0.6 is 27.5 Å². The van der Waals surface area contributed by atoms with Crippen LogP contribution in [0.2, 0.25) is 5.02 Å². The lowest BCUT2D eigenvalue weighted by Crippen LogP contribution is -1.99. The van der Waals surface area contributed by atoms with E-state index in [1.807, 2.05) is 12.1 Å². The van der Waals surface area contributed by atoms with Crippen molar-refractivity contribution in [3.63, 3.8) is 0 Å². The molecule has 1 N–H and O–H groups in total. The molecule has 14 heavy (non-hydrogen) atoms. The van der Waals surface area contributed by atoms with E-state index in [9.17, 15) is 4.79 Å². The third kappa shape index (κ3) is 1.79. The van der Waals surface area contributed by atoms with Gasteiger partial charge in [-0.15, -0.1) is 0 Å². The van der Waals surface area contributed by atoms with Crippen LogP contribution in [0.3, 0.4) is 0 Å². The second-order valence-corrected chi connectivity index (χ2v) is 4.78. The summed E-state index contributed by atoms with van der Waals surface area (Å²) < 4.78 is 0.938. The minimum atomic E-state index is -0.731. The van der Waals surface area contributed by atoms with Crippen LogP contribution < -0.4 is 0 Å². The molecular formula is C10H8BrClO2. The summed E-state index contributed by atoms with van der Waals surface area (Å²) in [6, 6.07) is 5.54. The van der Waals surface area contributed by atoms with Crippen molar-refractivity contribution in [2.75, 3.05) is 0 Å². The van der Waals surface area contributed by atoms with Gasteiger partial charge < -0.3 is 5.11 Å². The highest BCUT2D eigenvalue weighted by Crippen LogP contribution is 2.50. The fraction of sp³-hybridized carbons (Fsp3) is 0.300. The van der Waals surface area contributed by atoms with Crippen molar-refractivity contribution in [1.82, 2.24) is 0 Å². The summed E-state index contributed by atoms with van der Waals surface area (Å²) in [4.78, 5) is 10.7. The van der Waals surface area contributed by atoms with Gasteiger partial charge in [-0.2, -0.15) is 0 Å². The van der Waals surface area contributed by atoms with E-state index in [2.05, 4.69) is 15.9 Å². The molecule has 0 spiro atoms. The molecular weight excluding hydrogens is 267 g/mol. The van der Waals surface area contributed by atoms with Crippen LogP contribution in [0.25, 0.3) is 0 Å². The van der Waals surface area contributed by atoms with Gasteiger partial charge in [0.05, 0.1) is 5.92 Å². The van der Waals surface area contributed by atoms with E-state index in [-0.39, 0.29) is 11.8 Å². The number of rotatable bonds is 2. The predicted octanol–water partition coefficient (Wildman–Crippen LogP) is 3.29. The summed E-state index contributed by atoms with van der Waals surface area (Å²) in [6.07, 6.45) is 0.700. The van der Waals surface area contributed by atoms with Crippen LogP contribution in [0.4, 0.5) is 0 Å². The predicted molar refractivity (Wildman–Crippen MR) is 57.6 cm³/mol. The van der Waals surface area contributed by atoms with Gasteiger partial charge in [0.15, 0.2) is 0 Å². The zero-order valence-electron chi connectivity index (χ0n) is 7.21. The molecule has 2 nitrogen and oxygen atoms in total. The molecule has 2 rings (SSSR count). The maximum absolute atomic E-state index is 10.7. The van der Waals surface area contributed by atoms with Crippen LogP contribution in [0, 0.1) is 5.92 Å². The second kappa shape index (κ2) is 3.55. The van der Waals surface area contributed by atoms with Gasteiger partial charge >= 0.3 is 5.97 Å². The first-order valence-corrected chi connectivity index (χ1v) is 5.44. The molecule has 2 atom stereocenters. The molecule has 0 amide bonds. The van der Waals surface area contributed by atoms with Gasteiger partial charge in [-0.25, -0.2) is 0 Å². The molecule has 1 aliphatic carbocycles. The van der Waals surface area contributed by atoms with E-state index in [1.54, 1.807) is 6.07 Å². The van der Waals surface area contributed by atoms with Crippen molar-refractivity contribution in [3.05, 3.63) is 33.3 Å². The van der Waals surface area contributed by atoms with Gasteiger partial charge in [-0.3, -0.25) is 4.79 Å². The second-order valence-electron chi connectivity index (χ2n) is 3.45. The lowest BCUT2D eigenvalue weighted by Gasteiger charge is -2.02. The molecule has 0 bridgehead atoms. The van der Waals surface area contributed by atoms with E-state index in [4.69, 9.17) is 16.7 Å². The van der Waals surface area contributed by atoms with Crippen molar-refractivity contribution < 1.29 is 9.90 Å². The van der Waals surface area contributed by atoms with Gasteiger partial charge in [0.2, 0.25) is 0 Å². The third-order valence-corrected chi connectivity index (χ3v) is 3.30. The highest BCUT2D eigenvalue weighted by atomic mass is 79.9. The molecule has 0 heterocycles. The number of hydrogen-bond acceptors (Lipinski definition) is 1. The zero-order chi connectivity index (χ0) is 10.3. The Morgan fingerprint density at radius 1 is 1.57 bits per heavy atom. The first-order valence-electron chi connectivity index (χ1n) is 4.27. The third-order valence-electron chi connectivity index (χ3n) is 2.47. The molecule has 2 unspecified atom stereocenters. The van der Waals surface area contributed by atoms with Crippen LogP contribution in [0.5, 0.6) is 0 Å². The van der Waals surface area contributed by atoms with Gasteiger partial charge in [0, 0.05) is 9.50 Å². The first-order chi connectivity index (χ1) is 6.59. The molecule has 1 aromatic rings. The Labute approximate surface area is 95.0 Å². The average molecular weight is 276 g/mol. The van der Waals surface area contributed by atoms with E-state index < -0.39 is 5.97 Å². The number of hydrogen-bond donors (Lipinski definition) is 1. The fourth-order valence-electron chi connectivity index (χ4n) is 1.61. The Kier molecular flexibility index (Phi) is 2.54. The van der Waals surface area contributed by atoms with Gasteiger partial charge in [-0.05, 0) is 36.1 Å². The molecule has 0 aromatic heterocycles. The molecule has 4 heteroatoms. The quantitative estimate of drug-likeness (QED) is 0.899. The highest BCUT2D eigenvalue weighted by molar-refractivity contribution is 9.10. The standard InChI is InChI=1S/C10H8BrClO2/c11-5-1-2-9(12)7(3-5)6-4-8(6)10(13)14/h1-3,6,8H,4H2,(H,13,14). The van der Waals surface area contributed by atoms with Crippen LogP contribution in [-0.2, 0) is 4.79 Å². The summed E-state index contributed by atoms with van der Waals surface area (Å²) in [6.45, 7) is 0. The van der Waals surface area contributed by atoms with Crippen LogP contribution in [0.1, 0.15) is 17.9 Å². The highest BCUT2D eigenvalue weighted by Gasteiger charge is 2.45. The molecule has 74 valence electrons. The summed E-state index contributed by atoms with van der Waals surface area (Å²) in [7, 11) is 0. The van der Waals surface area contributed by atoms with E-state index in [1.165, 1.54) is 0 Å². The Morgan fingerprint density at radius 2 is 2.29 bits per heavy atom. The Bertz CT molecular complexity index is 392. The van der Waals surface area contributed by atoms with Crippen molar-refractivity contribution in [3.8, 4) is 0 Å². The van der Waals surface area contributed by atoms with Crippen molar-refractivity contribution in [2.24, 2.45) is 5.92 Å². The molecule has 0 saturated heterocycles. The smallest absolute Gasteiger partial charge is 0.307 e. The number of aliphatic carboxylic acids is 1. The maximum atomic E-state index is 10.7. The molecule has 1 saturated carbocycles. The monoisotopic (exact) mass is 274 g/mol. The minimum absolute atomic E-state index is 0.0949. The largest absolute Gasteiger partial charge is 0.481 e. The number of carboxylic acids is 1. The summed E-state index contributed by atoms with van der Waals surface area (Å²) in [5.74, 6) is -0.884. The van der Waals surface area contributed by atoms with Crippen molar-refractivity contribution in [1.29, 1.82) is 0 Å². The van der Waals surface area contributed by atoms with Crippen molar-refractivity contribution in [2.45, 2.75) is 12.3 Å². The van der Waals surface area contributed by atoms with Gasteiger partial charge in [0.25, 0.3) is 0 Å². The van der Waals surface area contributed by atoms with E-state index in [0.29, 0.717) is 11.4 Å². The van der Waals surface area contributed by atoms with Gasteiger partial charge in [-0.1, -0.05) is 27.5 Å². The number of carbonyl (C=O) groups is 1. The van der Waals surface area contributed by atoms with Crippen LogP contribution in [-0.4, -0.2) is 11.1 Å². The van der Waals surface area contributed by atoms with Gasteiger partial charge in [0.1, 0.15) is 0 Å². The Morgan fingerprint density at radius 3 is 2.86 bits per heavy atom. The minimum Gasteiger partial charge on any atom is -0.481 e. The lowest BCUT2D eigenvalue weighted by molar-refractivity contribution is -0.138. The Balaban J connectivity index is 2.26. The molecule has 0 aliphatic heterocycles. The number of halogens is 2. The summed E-state index contributed by atoms with van der Waals surface area (Å²) >= 11 is 9.33. The first kappa shape index (κ1) is 9.99. The SMILES string of the molecule is O=C(O)C1CC1c1cc(Br)ccc1Cl. The topological polar surface area (TPSA) is 37.3 Å². The maximum Gasteiger partial charge on any atom is 0.307 e. The van der Waals surface area contributed by atoms with Crippen molar-refractivity contribution >= 4 is 33.5 Å². The summed E-state index contributed by atoms with van der Waals surface area (Å²) in [5, 5.41) is 9.44. The molecule has 1 aromatic carbocycles. The average Bonchev–Trinajstić information content (AvgIpc) is 2.88. The van der Waals surface area contributed by atoms with E-state index in [0.717, 1.165) is 10.0 Å². The van der Waals surface area contributed by atoms with Crippen LogP contribution in [0.15, 0.2) is 22.7 Å². The zero-order valence-corrected chi connectivity index (χ0v) is 9.55. The number of carboxylic acid groups (broad SMARTS) is 1. The molecule has 0 radical (unpaired) electrons. The number of benzene rings is 1. The summed E-state index contributed by atoms with van der Waals surface area (Å²) in [5.41, 5.74) is 0.938. The fourth-order valence-corrected chi connectivity index (χ4v) is 2.25. The Hall–Kier alpha value is -0.540.